The SMILES string of the molecule is N#C/C(=C/NCCCCc1ccccc1)C(=O)Nc1cccc([N+](=O)[O-])c1. The molecule has 138 valence electrons. The van der Waals surface area contributed by atoms with Crippen molar-refractivity contribution in [2.75, 3.05) is 11.9 Å². The van der Waals surface area contributed by atoms with Gasteiger partial charge in [-0.25, -0.2) is 0 Å². The number of nitro groups is 1. The molecule has 0 heterocycles. The van der Waals surface area contributed by atoms with Crippen LogP contribution in [-0.2, 0) is 11.2 Å². The zero-order chi connectivity index (χ0) is 19.5. The fraction of sp³-hybridized carbons (Fsp3) is 0.200. The van der Waals surface area contributed by atoms with Gasteiger partial charge in [-0.15, -0.1) is 0 Å². The third-order valence-electron chi connectivity index (χ3n) is 3.81. The Labute approximate surface area is 157 Å². The number of hydrogen-bond acceptors (Lipinski definition) is 5. The molecule has 2 aromatic rings. The maximum absolute atomic E-state index is 12.1. The van der Waals surface area contributed by atoms with Crippen molar-refractivity contribution < 1.29 is 9.72 Å². The van der Waals surface area contributed by atoms with Gasteiger partial charge in [0.25, 0.3) is 11.6 Å². The van der Waals surface area contributed by atoms with E-state index in [4.69, 9.17) is 5.26 Å². The number of nitriles is 1. The average molecular weight is 364 g/mol. The minimum atomic E-state index is -0.616. The van der Waals surface area contributed by atoms with Crippen LogP contribution in [0.3, 0.4) is 0 Å². The number of nitrogens with one attached hydrogen (secondary N) is 2. The van der Waals surface area contributed by atoms with Crippen molar-refractivity contribution in [1.82, 2.24) is 5.32 Å². The first kappa shape index (κ1) is 19.7. The molecule has 0 fully saturated rings. The second-order valence-corrected chi connectivity index (χ2v) is 5.83. The molecule has 1 amide bonds. The number of nitro benzene ring substituents is 1. The summed E-state index contributed by atoms with van der Waals surface area (Å²) in [5.74, 6) is -0.616. The number of carbonyl (C=O) groups is 1. The summed E-state index contributed by atoms with van der Waals surface area (Å²) >= 11 is 0. The van der Waals surface area contributed by atoms with E-state index < -0.39 is 10.8 Å². The van der Waals surface area contributed by atoms with Crippen LogP contribution in [0.15, 0.2) is 66.4 Å². The lowest BCUT2D eigenvalue weighted by atomic mass is 10.1. The second-order valence-electron chi connectivity index (χ2n) is 5.83. The maximum atomic E-state index is 12.1. The minimum Gasteiger partial charge on any atom is -0.390 e. The Bertz CT molecular complexity index is 857. The molecule has 7 heteroatoms. The molecule has 0 bridgehead atoms. The molecule has 0 saturated carbocycles. The molecule has 2 N–H and O–H groups in total. The van der Waals surface area contributed by atoms with Gasteiger partial charge in [0.05, 0.1) is 4.92 Å². The third kappa shape index (κ3) is 6.63. The number of non-ortho nitro benzene ring substituents is 1. The molecule has 0 unspecified atom stereocenters. The van der Waals surface area contributed by atoms with Gasteiger partial charge in [-0.3, -0.25) is 14.9 Å². The number of rotatable bonds is 9. The molecule has 0 aliphatic rings. The van der Waals surface area contributed by atoms with Gasteiger partial charge in [-0.1, -0.05) is 36.4 Å². The summed E-state index contributed by atoms with van der Waals surface area (Å²) in [5, 5.41) is 25.4. The van der Waals surface area contributed by atoms with Crippen molar-refractivity contribution in [2.24, 2.45) is 0 Å². The molecule has 7 nitrogen and oxygen atoms in total. The number of aryl methyl sites for hydroxylation is 1. The summed E-state index contributed by atoms with van der Waals surface area (Å²) < 4.78 is 0. The van der Waals surface area contributed by atoms with Crippen LogP contribution in [0.25, 0.3) is 0 Å². The predicted molar refractivity (Wildman–Crippen MR) is 103 cm³/mol. The van der Waals surface area contributed by atoms with Crippen LogP contribution in [0.4, 0.5) is 11.4 Å². The molecule has 2 aromatic carbocycles. The number of amides is 1. The third-order valence-corrected chi connectivity index (χ3v) is 3.81. The normalized spacial score (nSPS) is 10.7. The first-order chi connectivity index (χ1) is 13.1. The number of anilines is 1. The Morgan fingerprint density at radius 3 is 2.63 bits per heavy atom. The van der Waals surface area contributed by atoms with Crippen LogP contribution in [0.1, 0.15) is 18.4 Å². The van der Waals surface area contributed by atoms with Crippen molar-refractivity contribution in [3.05, 3.63) is 82.0 Å². The molecule has 0 aliphatic carbocycles. The topological polar surface area (TPSA) is 108 Å². The number of unbranched alkanes of at least 4 members (excludes halogenated alkanes) is 1. The Balaban J connectivity index is 1.79. The molecule has 0 saturated heterocycles. The Kier molecular flexibility index (Phi) is 7.54. The van der Waals surface area contributed by atoms with E-state index in [-0.39, 0.29) is 16.9 Å². The molecule has 0 radical (unpaired) electrons. The van der Waals surface area contributed by atoms with Crippen LogP contribution in [0, 0.1) is 21.4 Å². The van der Waals surface area contributed by atoms with Crippen molar-refractivity contribution in [1.29, 1.82) is 5.26 Å². The van der Waals surface area contributed by atoms with Crippen LogP contribution < -0.4 is 10.6 Å². The number of carbonyl (C=O) groups excluding carboxylic acids is 1. The van der Waals surface area contributed by atoms with Gasteiger partial charge in [0.15, 0.2) is 0 Å². The van der Waals surface area contributed by atoms with Crippen molar-refractivity contribution in [2.45, 2.75) is 19.3 Å². The highest BCUT2D eigenvalue weighted by Gasteiger charge is 2.11. The fourth-order valence-electron chi connectivity index (χ4n) is 2.42. The Morgan fingerprint density at radius 1 is 1.15 bits per heavy atom. The van der Waals surface area contributed by atoms with E-state index in [1.54, 1.807) is 0 Å². The molecule has 0 aliphatic heterocycles. The average Bonchev–Trinajstić information content (AvgIpc) is 2.68. The van der Waals surface area contributed by atoms with Gasteiger partial charge >= 0.3 is 0 Å². The van der Waals surface area contributed by atoms with Gasteiger partial charge < -0.3 is 10.6 Å². The number of benzene rings is 2. The van der Waals surface area contributed by atoms with E-state index in [2.05, 4.69) is 22.8 Å². The van der Waals surface area contributed by atoms with E-state index in [1.807, 2.05) is 24.3 Å². The van der Waals surface area contributed by atoms with Gasteiger partial charge in [0.1, 0.15) is 11.6 Å². The van der Waals surface area contributed by atoms with Crippen LogP contribution >= 0.6 is 0 Å². The largest absolute Gasteiger partial charge is 0.390 e. The van der Waals surface area contributed by atoms with E-state index in [9.17, 15) is 14.9 Å². The quantitative estimate of drug-likeness (QED) is 0.232. The summed E-state index contributed by atoms with van der Waals surface area (Å²) in [4.78, 5) is 22.3. The molecule has 0 aromatic heterocycles. The van der Waals surface area contributed by atoms with Gasteiger partial charge in [-0.05, 0) is 30.9 Å². The maximum Gasteiger partial charge on any atom is 0.271 e. The lowest BCUT2D eigenvalue weighted by Crippen LogP contribution is -2.17. The first-order valence-electron chi connectivity index (χ1n) is 8.53. The standard InChI is InChI=1S/C20H20N4O3/c21-14-17(15-22-12-5-4-9-16-7-2-1-3-8-16)20(25)23-18-10-6-11-19(13-18)24(26)27/h1-3,6-8,10-11,13,15,22H,4-5,9,12H2,(H,23,25)/b17-15-. The van der Waals surface area contributed by atoms with E-state index >= 15 is 0 Å². The van der Waals surface area contributed by atoms with Gasteiger partial charge in [0.2, 0.25) is 0 Å². The predicted octanol–water partition coefficient (Wildman–Crippen LogP) is 3.55. The fourth-order valence-corrected chi connectivity index (χ4v) is 2.42. The lowest BCUT2D eigenvalue weighted by molar-refractivity contribution is -0.384. The summed E-state index contributed by atoms with van der Waals surface area (Å²) in [5.41, 5.74) is 1.32. The summed E-state index contributed by atoms with van der Waals surface area (Å²) in [7, 11) is 0. The number of hydrogen-bond donors (Lipinski definition) is 2. The molecule has 27 heavy (non-hydrogen) atoms. The second kappa shape index (κ2) is 10.4. The molecular weight excluding hydrogens is 344 g/mol. The summed E-state index contributed by atoms with van der Waals surface area (Å²) in [6.45, 7) is 0.641. The molecule has 0 spiro atoms. The zero-order valence-corrected chi connectivity index (χ0v) is 14.7. The highest BCUT2D eigenvalue weighted by molar-refractivity contribution is 6.06. The highest BCUT2D eigenvalue weighted by atomic mass is 16.6. The van der Waals surface area contributed by atoms with Crippen molar-refractivity contribution in [3.63, 3.8) is 0 Å². The minimum absolute atomic E-state index is 0.0930. The highest BCUT2D eigenvalue weighted by Crippen LogP contribution is 2.17. The van der Waals surface area contributed by atoms with E-state index in [0.717, 1.165) is 19.3 Å². The monoisotopic (exact) mass is 364 g/mol. The van der Waals surface area contributed by atoms with Crippen molar-refractivity contribution >= 4 is 17.3 Å². The van der Waals surface area contributed by atoms with Crippen LogP contribution in [-0.4, -0.2) is 17.4 Å². The number of nitrogens with zero attached hydrogens (tertiary/aromatic N) is 2. The van der Waals surface area contributed by atoms with Crippen LogP contribution in [0.5, 0.6) is 0 Å². The van der Waals surface area contributed by atoms with Crippen molar-refractivity contribution in [3.8, 4) is 6.07 Å². The van der Waals surface area contributed by atoms with Gasteiger partial charge in [-0.2, -0.15) is 5.26 Å². The molecular formula is C20H20N4O3. The smallest absolute Gasteiger partial charge is 0.271 e. The van der Waals surface area contributed by atoms with E-state index in [0.29, 0.717) is 6.54 Å². The summed E-state index contributed by atoms with van der Waals surface area (Å²) in [6.07, 6.45) is 4.24. The molecule has 0 atom stereocenters. The zero-order valence-electron chi connectivity index (χ0n) is 14.7. The van der Waals surface area contributed by atoms with Gasteiger partial charge in [0, 0.05) is 30.6 Å². The van der Waals surface area contributed by atoms with E-state index in [1.165, 1.54) is 36.0 Å². The summed E-state index contributed by atoms with van der Waals surface area (Å²) in [6, 6.07) is 17.6. The molecule has 2 rings (SSSR count). The Hall–Kier alpha value is -3.66. The lowest BCUT2D eigenvalue weighted by Gasteiger charge is -2.05. The first-order valence-corrected chi connectivity index (χ1v) is 8.53. The van der Waals surface area contributed by atoms with Crippen LogP contribution in [0.2, 0.25) is 0 Å². The Morgan fingerprint density at radius 2 is 1.93 bits per heavy atom.